The van der Waals surface area contributed by atoms with Gasteiger partial charge in [0, 0.05) is 84.3 Å². The largest absolute Gasteiger partial charge is 0.416 e. The summed E-state index contributed by atoms with van der Waals surface area (Å²) in [6, 6.07) is 5.64. The van der Waals surface area contributed by atoms with Crippen LogP contribution < -0.4 is 4.90 Å². The van der Waals surface area contributed by atoms with Crippen LogP contribution >= 0.6 is 0 Å². The normalized spacial score (nSPS) is 20.6. The van der Waals surface area contributed by atoms with Gasteiger partial charge in [-0.2, -0.15) is 13.2 Å². The fourth-order valence-electron chi connectivity index (χ4n) is 3.92. The number of anilines is 1. The van der Waals surface area contributed by atoms with Gasteiger partial charge >= 0.3 is 6.18 Å². The summed E-state index contributed by atoms with van der Waals surface area (Å²) >= 11 is 0. The highest BCUT2D eigenvalue weighted by Crippen LogP contribution is 2.31. The van der Waals surface area contributed by atoms with Crippen LogP contribution in [0, 0.1) is 0 Å². The number of alkyl halides is 3. The van der Waals surface area contributed by atoms with E-state index in [1.54, 1.807) is 6.07 Å². The van der Waals surface area contributed by atoms with Crippen molar-refractivity contribution in [3.8, 4) is 0 Å². The predicted octanol–water partition coefficient (Wildman–Crippen LogP) is 1.83. The van der Waals surface area contributed by atoms with E-state index in [0.29, 0.717) is 5.69 Å². The highest BCUT2D eigenvalue weighted by atomic mass is 19.4. The van der Waals surface area contributed by atoms with Crippen LogP contribution in [-0.2, 0) is 6.18 Å². The van der Waals surface area contributed by atoms with Crippen LogP contribution in [0.2, 0.25) is 0 Å². The molecule has 1 aromatic rings. The van der Waals surface area contributed by atoms with Crippen LogP contribution in [0.15, 0.2) is 24.3 Å². The molecule has 8 heteroatoms. The van der Waals surface area contributed by atoms with E-state index >= 15 is 0 Å². The Bertz CT molecular complexity index is 597. The van der Waals surface area contributed by atoms with Crippen molar-refractivity contribution in [3.63, 3.8) is 0 Å². The number of hydrogen-bond donors (Lipinski definition) is 1. The molecule has 3 rings (SSSR count). The van der Waals surface area contributed by atoms with Crippen LogP contribution in [0.5, 0.6) is 0 Å². The number of rotatable bonds is 7. The molecule has 1 N–H and O–H groups in total. The molecule has 0 saturated carbocycles. The third kappa shape index (κ3) is 6.07. The molecular formula is C20H31F3N4O. The van der Waals surface area contributed by atoms with Gasteiger partial charge in [-0.3, -0.25) is 9.80 Å². The van der Waals surface area contributed by atoms with Crippen molar-refractivity contribution in [2.45, 2.75) is 12.6 Å². The number of aliphatic hydroxyl groups is 1. The lowest BCUT2D eigenvalue weighted by Crippen LogP contribution is -2.51. The lowest BCUT2D eigenvalue weighted by molar-refractivity contribution is -0.137. The molecule has 2 heterocycles. The van der Waals surface area contributed by atoms with Gasteiger partial charge in [-0.15, -0.1) is 0 Å². The first-order chi connectivity index (χ1) is 13.5. The van der Waals surface area contributed by atoms with Crippen molar-refractivity contribution in [2.75, 3.05) is 83.5 Å². The Morgan fingerprint density at radius 3 is 1.86 bits per heavy atom. The molecule has 0 atom stereocenters. The van der Waals surface area contributed by atoms with Crippen LogP contribution in [0.25, 0.3) is 0 Å². The van der Waals surface area contributed by atoms with E-state index in [0.717, 1.165) is 84.5 Å². The van der Waals surface area contributed by atoms with Crippen molar-refractivity contribution < 1.29 is 18.3 Å². The van der Waals surface area contributed by atoms with Gasteiger partial charge < -0.3 is 14.9 Å². The molecule has 28 heavy (non-hydrogen) atoms. The first kappa shape index (κ1) is 21.4. The summed E-state index contributed by atoms with van der Waals surface area (Å²) in [5.41, 5.74) is 0.0824. The summed E-state index contributed by atoms with van der Waals surface area (Å²) < 4.78 is 38.7. The molecule has 2 saturated heterocycles. The minimum absolute atomic E-state index is 0.257. The molecule has 0 bridgehead atoms. The molecular weight excluding hydrogens is 369 g/mol. The lowest BCUT2D eigenvalue weighted by Gasteiger charge is -2.39. The second-order valence-electron chi connectivity index (χ2n) is 7.64. The Morgan fingerprint density at radius 2 is 1.32 bits per heavy atom. The summed E-state index contributed by atoms with van der Waals surface area (Å²) in [6.45, 7) is 10.8. The van der Waals surface area contributed by atoms with E-state index in [1.807, 2.05) is 4.90 Å². The van der Waals surface area contributed by atoms with Gasteiger partial charge in [0.15, 0.2) is 0 Å². The second kappa shape index (κ2) is 9.91. The van der Waals surface area contributed by atoms with Gasteiger partial charge in [0.2, 0.25) is 0 Å². The van der Waals surface area contributed by atoms with Crippen LogP contribution in [0.4, 0.5) is 18.9 Å². The minimum Gasteiger partial charge on any atom is -0.396 e. The molecule has 0 unspecified atom stereocenters. The van der Waals surface area contributed by atoms with Crippen molar-refractivity contribution >= 4 is 5.69 Å². The van der Waals surface area contributed by atoms with Gasteiger partial charge in [-0.1, -0.05) is 6.07 Å². The number of halogens is 3. The van der Waals surface area contributed by atoms with Crippen molar-refractivity contribution in [1.82, 2.24) is 14.7 Å². The Morgan fingerprint density at radius 1 is 0.786 bits per heavy atom. The zero-order valence-corrected chi connectivity index (χ0v) is 16.4. The number of benzene rings is 1. The third-order valence-electron chi connectivity index (χ3n) is 5.74. The van der Waals surface area contributed by atoms with Crippen LogP contribution in [-0.4, -0.2) is 98.4 Å². The monoisotopic (exact) mass is 400 g/mol. The molecule has 0 radical (unpaired) electrons. The summed E-state index contributed by atoms with van der Waals surface area (Å²) in [6.07, 6.45) is -3.45. The first-order valence-electron chi connectivity index (χ1n) is 10.2. The average Bonchev–Trinajstić information content (AvgIpc) is 2.71. The quantitative estimate of drug-likeness (QED) is 0.755. The average molecular weight is 400 g/mol. The van der Waals surface area contributed by atoms with E-state index in [1.165, 1.54) is 12.1 Å². The summed E-state index contributed by atoms with van der Waals surface area (Å²) in [7, 11) is 0. The molecule has 0 aromatic heterocycles. The first-order valence-corrected chi connectivity index (χ1v) is 10.2. The Labute approximate surface area is 165 Å². The highest BCUT2D eigenvalue weighted by molar-refractivity contribution is 5.49. The zero-order chi connectivity index (χ0) is 20.0. The van der Waals surface area contributed by atoms with E-state index < -0.39 is 11.7 Å². The number of hydrogen-bond acceptors (Lipinski definition) is 5. The summed E-state index contributed by atoms with van der Waals surface area (Å²) in [5.74, 6) is 0. The number of aliphatic hydroxyl groups excluding tert-OH is 1. The molecule has 2 aliphatic rings. The molecule has 0 amide bonds. The van der Waals surface area contributed by atoms with Crippen molar-refractivity contribution in [2.24, 2.45) is 0 Å². The second-order valence-corrected chi connectivity index (χ2v) is 7.64. The Kier molecular flexibility index (Phi) is 7.56. The maximum Gasteiger partial charge on any atom is 0.416 e. The topological polar surface area (TPSA) is 33.2 Å². The number of nitrogens with zero attached hydrogens (tertiary/aromatic N) is 4. The Balaban J connectivity index is 1.38. The maximum absolute atomic E-state index is 12.9. The van der Waals surface area contributed by atoms with Crippen LogP contribution in [0.1, 0.15) is 12.0 Å². The van der Waals surface area contributed by atoms with Gasteiger partial charge in [-0.05, 0) is 24.6 Å². The fourth-order valence-corrected chi connectivity index (χ4v) is 3.92. The van der Waals surface area contributed by atoms with Gasteiger partial charge in [0.25, 0.3) is 0 Å². The SMILES string of the molecule is OCCCN1CCN(CCN2CCN(c3cccc(C(F)(F)F)c3)CC2)CC1. The Hall–Kier alpha value is -1.35. The molecule has 0 spiro atoms. The summed E-state index contributed by atoms with van der Waals surface area (Å²) in [5, 5.41) is 8.92. The van der Waals surface area contributed by atoms with Crippen LogP contribution in [0.3, 0.4) is 0 Å². The smallest absolute Gasteiger partial charge is 0.396 e. The molecule has 5 nitrogen and oxygen atoms in total. The van der Waals surface area contributed by atoms with E-state index in [9.17, 15) is 13.2 Å². The van der Waals surface area contributed by atoms with Crippen molar-refractivity contribution in [3.05, 3.63) is 29.8 Å². The van der Waals surface area contributed by atoms with Gasteiger partial charge in [0.1, 0.15) is 0 Å². The highest BCUT2D eigenvalue weighted by Gasteiger charge is 2.31. The maximum atomic E-state index is 12.9. The molecule has 2 fully saturated rings. The summed E-state index contributed by atoms with van der Waals surface area (Å²) in [4.78, 5) is 9.34. The number of piperazine rings is 2. The van der Waals surface area contributed by atoms with E-state index in [-0.39, 0.29) is 6.61 Å². The lowest BCUT2D eigenvalue weighted by atomic mass is 10.1. The standard InChI is InChI=1S/C20H31F3N4O/c21-20(22,23)18-3-1-4-19(17-18)27-14-12-26(13-15-27)11-10-25-8-6-24(7-9-25)5-2-16-28/h1,3-4,17,28H,2,5-16H2. The third-order valence-corrected chi connectivity index (χ3v) is 5.74. The van der Waals surface area contributed by atoms with Crippen molar-refractivity contribution in [1.29, 1.82) is 0 Å². The molecule has 158 valence electrons. The minimum atomic E-state index is -4.29. The predicted molar refractivity (Wildman–Crippen MR) is 105 cm³/mol. The van der Waals surface area contributed by atoms with E-state index in [4.69, 9.17) is 5.11 Å². The molecule has 1 aromatic carbocycles. The van der Waals surface area contributed by atoms with Gasteiger partial charge in [0.05, 0.1) is 5.56 Å². The molecule has 2 aliphatic heterocycles. The fraction of sp³-hybridized carbons (Fsp3) is 0.700. The zero-order valence-electron chi connectivity index (χ0n) is 16.4. The molecule has 0 aliphatic carbocycles. The van der Waals surface area contributed by atoms with E-state index in [2.05, 4.69) is 14.7 Å². The van der Waals surface area contributed by atoms with Gasteiger partial charge in [-0.25, -0.2) is 0 Å².